The number of hydrogen-bond donors (Lipinski definition) is 1. The number of anilines is 1. The van der Waals surface area contributed by atoms with Crippen LogP contribution in [0.4, 0.5) is 5.69 Å². The minimum atomic E-state index is 0.262. The molecule has 0 radical (unpaired) electrons. The molecule has 0 saturated heterocycles. The highest BCUT2D eigenvalue weighted by molar-refractivity contribution is 5.38. The summed E-state index contributed by atoms with van der Waals surface area (Å²) in [7, 11) is 1.62. The Hall–Kier alpha value is -2.17. The summed E-state index contributed by atoms with van der Waals surface area (Å²) in [6.45, 7) is 0.262. The first-order chi connectivity index (χ1) is 7.79. The Morgan fingerprint density at radius 2 is 1.94 bits per heavy atom. The van der Waals surface area contributed by atoms with Gasteiger partial charge in [0.1, 0.15) is 11.5 Å². The molecule has 0 aliphatic heterocycles. The molecule has 0 amide bonds. The summed E-state index contributed by atoms with van der Waals surface area (Å²) < 4.78 is 15.4. The first-order valence-corrected chi connectivity index (χ1v) is 4.75. The van der Waals surface area contributed by atoms with Crippen LogP contribution in [0.15, 0.2) is 35.0 Å². The van der Waals surface area contributed by atoms with Crippen molar-refractivity contribution in [3.63, 3.8) is 0 Å². The summed E-state index contributed by atoms with van der Waals surface area (Å²) >= 11 is 0. The molecule has 0 unspecified atom stereocenters. The molecule has 1 heterocycles. The van der Waals surface area contributed by atoms with Gasteiger partial charge in [0.05, 0.1) is 19.0 Å². The highest BCUT2D eigenvalue weighted by atomic mass is 16.5. The summed E-state index contributed by atoms with van der Waals surface area (Å²) in [6.07, 6.45) is 1.45. The Bertz CT molecular complexity index is 451. The van der Waals surface area contributed by atoms with E-state index in [9.17, 15) is 0 Å². The molecule has 0 bridgehead atoms. The minimum absolute atomic E-state index is 0.262. The summed E-state index contributed by atoms with van der Waals surface area (Å²) in [5, 5.41) is 3.56. The van der Waals surface area contributed by atoms with Crippen molar-refractivity contribution in [1.82, 2.24) is 5.16 Å². The van der Waals surface area contributed by atoms with Crippen molar-refractivity contribution in [2.45, 2.75) is 6.61 Å². The maximum atomic E-state index is 5.59. The van der Waals surface area contributed by atoms with E-state index in [1.807, 2.05) is 24.3 Å². The van der Waals surface area contributed by atoms with Gasteiger partial charge >= 0.3 is 0 Å². The lowest BCUT2D eigenvalue weighted by atomic mass is 10.3. The largest absolute Gasteiger partial charge is 0.497 e. The van der Waals surface area contributed by atoms with Crippen LogP contribution >= 0.6 is 0 Å². The Morgan fingerprint density at radius 1 is 1.25 bits per heavy atom. The minimum Gasteiger partial charge on any atom is -0.497 e. The number of aromatic nitrogens is 1. The zero-order chi connectivity index (χ0) is 11.4. The average molecular weight is 220 g/mol. The first kappa shape index (κ1) is 10.4. The number of benzene rings is 1. The van der Waals surface area contributed by atoms with Crippen LogP contribution < -0.4 is 15.2 Å². The molecule has 0 spiro atoms. The normalized spacial score (nSPS) is 10.1. The van der Waals surface area contributed by atoms with Gasteiger partial charge < -0.3 is 19.7 Å². The Morgan fingerprint density at radius 3 is 2.50 bits per heavy atom. The number of ether oxygens (including phenoxy) is 2. The molecule has 0 aliphatic carbocycles. The number of rotatable bonds is 4. The van der Waals surface area contributed by atoms with Crippen molar-refractivity contribution >= 4 is 5.69 Å². The lowest BCUT2D eigenvalue weighted by Crippen LogP contribution is -1.97. The molecule has 0 aliphatic rings. The molecule has 1 aromatic carbocycles. The first-order valence-electron chi connectivity index (χ1n) is 4.75. The van der Waals surface area contributed by atoms with Gasteiger partial charge in [0.2, 0.25) is 0 Å². The van der Waals surface area contributed by atoms with E-state index >= 15 is 0 Å². The van der Waals surface area contributed by atoms with Crippen molar-refractivity contribution in [1.29, 1.82) is 0 Å². The van der Waals surface area contributed by atoms with E-state index in [0.717, 1.165) is 11.5 Å². The molecular weight excluding hydrogens is 208 g/mol. The third kappa shape index (κ3) is 2.25. The fourth-order valence-corrected chi connectivity index (χ4v) is 1.20. The fraction of sp³-hybridized carbons (Fsp3) is 0.182. The summed E-state index contributed by atoms with van der Waals surface area (Å²) in [5.74, 6) is 2.03. The molecule has 0 atom stereocenters. The van der Waals surface area contributed by atoms with Crippen molar-refractivity contribution in [2.75, 3.05) is 12.8 Å². The molecule has 0 saturated carbocycles. The lowest BCUT2D eigenvalue weighted by Gasteiger charge is -2.05. The van der Waals surface area contributed by atoms with Crippen molar-refractivity contribution in [3.8, 4) is 11.5 Å². The van der Waals surface area contributed by atoms with Gasteiger partial charge in [0.25, 0.3) is 0 Å². The highest BCUT2D eigenvalue weighted by Gasteiger charge is 2.05. The lowest BCUT2D eigenvalue weighted by molar-refractivity contribution is 0.250. The van der Waals surface area contributed by atoms with Gasteiger partial charge in [0, 0.05) is 0 Å². The third-order valence-electron chi connectivity index (χ3n) is 2.11. The van der Waals surface area contributed by atoms with Gasteiger partial charge in [-0.15, -0.1) is 0 Å². The molecule has 5 nitrogen and oxygen atoms in total. The van der Waals surface area contributed by atoms with Crippen molar-refractivity contribution in [2.24, 2.45) is 0 Å². The topological polar surface area (TPSA) is 70.5 Å². The van der Waals surface area contributed by atoms with E-state index in [2.05, 4.69) is 5.16 Å². The van der Waals surface area contributed by atoms with Gasteiger partial charge in [-0.2, -0.15) is 0 Å². The fourth-order valence-electron chi connectivity index (χ4n) is 1.20. The zero-order valence-electron chi connectivity index (χ0n) is 8.84. The van der Waals surface area contributed by atoms with Gasteiger partial charge in [-0.25, -0.2) is 0 Å². The van der Waals surface area contributed by atoms with Crippen molar-refractivity contribution in [3.05, 3.63) is 36.2 Å². The second-order valence-electron chi connectivity index (χ2n) is 3.17. The van der Waals surface area contributed by atoms with Crippen LogP contribution in [0.1, 0.15) is 5.76 Å². The Labute approximate surface area is 92.8 Å². The predicted molar refractivity (Wildman–Crippen MR) is 58.2 cm³/mol. The highest BCUT2D eigenvalue weighted by Crippen LogP contribution is 2.19. The van der Waals surface area contributed by atoms with Crippen LogP contribution in [-0.2, 0) is 6.61 Å². The molecule has 84 valence electrons. The molecule has 5 heteroatoms. The van der Waals surface area contributed by atoms with E-state index in [1.54, 1.807) is 7.11 Å². The van der Waals surface area contributed by atoms with Gasteiger partial charge in [0.15, 0.2) is 12.4 Å². The van der Waals surface area contributed by atoms with E-state index in [-0.39, 0.29) is 6.61 Å². The van der Waals surface area contributed by atoms with Crippen LogP contribution in [-0.4, -0.2) is 12.3 Å². The number of methoxy groups -OCH3 is 1. The van der Waals surface area contributed by atoms with E-state index in [0.29, 0.717) is 11.4 Å². The average Bonchev–Trinajstić information content (AvgIpc) is 2.73. The maximum Gasteiger partial charge on any atom is 0.196 e. The predicted octanol–water partition coefficient (Wildman–Crippen LogP) is 1.84. The molecule has 16 heavy (non-hydrogen) atoms. The smallest absolute Gasteiger partial charge is 0.196 e. The molecule has 2 rings (SSSR count). The molecule has 0 fully saturated rings. The molecular formula is C11H12N2O3. The van der Waals surface area contributed by atoms with Crippen LogP contribution in [0.5, 0.6) is 11.5 Å². The van der Waals surface area contributed by atoms with Crippen LogP contribution in [0.25, 0.3) is 0 Å². The van der Waals surface area contributed by atoms with E-state index in [4.69, 9.17) is 19.7 Å². The maximum absolute atomic E-state index is 5.59. The van der Waals surface area contributed by atoms with Crippen molar-refractivity contribution < 1.29 is 14.0 Å². The van der Waals surface area contributed by atoms with E-state index in [1.165, 1.54) is 6.20 Å². The quantitative estimate of drug-likeness (QED) is 0.851. The van der Waals surface area contributed by atoms with Gasteiger partial charge in [-0.3, -0.25) is 0 Å². The number of nitrogen functional groups attached to an aromatic ring is 1. The molecule has 2 aromatic rings. The second kappa shape index (κ2) is 4.57. The summed E-state index contributed by atoms with van der Waals surface area (Å²) in [5.41, 5.74) is 6.09. The van der Waals surface area contributed by atoms with Crippen LogP contribution in [0, 0.1) is 0 Å². The summed E-state index contributed by atoms with van der Waals surface area (Å²) in [6, 6.07) is 7.26. The Balaban J connectivity index is 1.97. The van der Waals surface area contributed by atoms with Gasteiger partial charge in [-0.1, -0.05) is 5.16 Å². The van der Waals surface area contributed by atoms with Crippen LogP contribution in [0.2, 0.25) is 0 Å². The number of hydrogen-bond acceptors (Lipinski definition) is 5. The standard InChI is InChI=1S/C11H12N2O3/c1-14-8-2-4-9(5-3-8)15-7-11-10(12)6-13-16-11/h2-6H,7,12H2,1H3. The number of nitrogens with zero attached hydrogens (tertiary/aromatic N) is 1. The zero-order valence-corrected chi connectivity index (χ0v) is 8.84. The Kier molecular flexibility index (Phi) is 2.95. The SMILES string of the molecule is COc1ccc(OCc2oncc2N)cc1. The number of nitrogens with two attached hydrogens (primary N) is 1. The molecule has 2 N–H and O–H groups in total. The van der Waals surface area contributed by atoms with E-state index < -0.39 is 0 Å². The third-order valence-corrected chi connectivity index (χ3v) is 2.11. The van der Waals surface area contributed by atoms with Gasteiger partial charge in [-0.05, 0) is 24.3 Å². The molecule has 1 aromatic heterocycles. The summed E-state index contributed by atoms with van der Waals surface area (Å²) in [4.78, 5) is 0. The second-order valence-corrected chi connectivity index (χ2v) is 3.17. The van der Waals surface area contributed by atoms with Crippen LogP contribution in [0.3, 0.4) is 0 Å². The monoisotopic (exact) mass is 220 g/mol.